The molecule has 0 radical (unpaired) electrons. The Balaban J connectivity index is 0.000000419. The predicted molar refractivity (Wildman–Crippen MR) is 292 cm³/mol. The molecular formula is C52H87NO15P2Si2. The van der Waals surface area contributed by atoms with Crippen LogP contribution in [0.5, 0.6) is 23.0 Å². The van der Waals surface area contributed by atoms with Gasteiger partial charge in [0.1, 0.15) is 53.6 Å². The van der Waals surface area contributed by atoms with Gasteiger partial charge in [0.15, 0.2) is 0 Å². The fraction of sp³-hybridized carbons (Fsp3) is 0.635. The molecule has 0 aromatic heterocycles. The number of nitrogens with one attached hydrogen (secondary N) is 1. The Labute approximate surface area is 433 Å². The zero-order valence-electron chi connectivity index (χ0n) is 46.6. The van der Waals surface area contributed by atoms with Crippen LogP contribution in [0.15, 0.2) is 23.3 Å². The van der Waals surface area contributed by atoms with Gasteiger partial charge < -0.3 is 51.8 Å². The summed E-state index contributed by atoms with van der Waals surface area (Å²) in [5.41, 5.74) is 7.78. The second-order valence-electron chi connectivity index (χ2n) is 19.8. The van der Waals surface area contributed by atoms with E-state index in [0.29, 0.717) is 99.1 Å². The number of carbonyl (C=O) groups excluding carboxylic acids is 3. The lowest BCUT2D eigenvalue weighted by molar-refractivity contribution is -0.104. The standard InChI is InChI=1S/C25H42NO7PSi.C20H28O5Si.C7H17O3P/c1-9-32-34(28,33-10-2)17-26-15-18(3)11-12-20-23(29-5)19(4)21-16-31-25(27)22(21)24(20)30-13-14-35(6,7)8;1-13(11-21)7-8-15-18(23-3)14(2)16-12-25-20(22)17(16)19(15)24-9-10-26(4,5)6;1-4-7-11(8,9-5-2)10-6-3/h11,26H,9-10,12-17H2,1-8H3;7,11H,8-10,12H2,1-6H3;4-7H2,1-3H3/b18-11+;13-7+;. The molecule has 4 rings (SSSR count). The SMILES string of the molecule is CCCP(=O)(OCC)OCC.CCOP(=O)(CNC/C(C)=C/Cc1c(OC)c(C)c2c(c1OCC[Si](C)(C)C)C(=O)OC2)OCC.COc1c(C)c2c(c(OCC[Si](C)(C)C)c1C/C=C(\C)C=O)C(=O)OC2. The van der Waals surface area contributed by atoms with Crippen molar-refractivity contribution in [1.29, 1.82) is 0 Å². The molecule has 72 heavy (non-hydrogen) atoms. The van der Waals surface area contributed by atoms with E-state index in [1.807, 2.05) is 47.6 Å². The zero-order chi connectivity index (χ0) is 54.5. The minimum absolute atomic E-state index is 0.137. The van der Waals surface area contributed by atoms with E-state index in [9.17, 15) is 23.5 Å². The molecule has 0 bridgehead atoms. The van der Waals surface area contributed by atoms with E-state index in [2.05, 4.69) is 50.7 Å². The molecule has 2 aliphatic rings. The zero-order valence-corrected chi connectivity index (χ0v) is 50.4. The Hall–Kier alpha value is -3.58. The topological polar surface area (TPSA) is 190 Å². The van der Waals surface area contributed by atoms with Gasteiger partial charge in [0.25, 0.3) is 0 Å². The van der Waals surface area contributed by atoms with E-state index in [-0.39, 0.29) is 31.4 Å². The summed E-state index contributed by atoms with van der Waals surface area (Å²) in [5.74, 6) is 1.82. The van der Waals surface area contributed by atoms with Crippen LogP contribution in [0.2, 0.25) is 51.4 Å². The molecule has 2 heterocycles. The van der Waals surface area contributed by atoms with E-state index >= 15 is 0 Å². The van der Waals surface area contributed by atoms with Gasteiger partial charge in [-0.2, -0.15) is 0 Å². The van der Waals surface area contributed by atoms with E-state index in [4.69, 9.17) is 46.5 Å². The van der Waals surface area contributed by atoms with Gasteiger partial charge in [-0.25, -0.2) is 9.59 Å². The number of fused-ring (bicyclic) bond motifs is 2. The van der Waals surface area contributed by atoms with Crippen LogP contribution < -0.4 is 24.3 Å². The average Bonchev–Trinajstić information content (AvgIpc) is 3.88. The number of benzene rings is 2. The Morgan fingerprint density at radius 3 is 1.40 bits per heavy atom. The molecule has 1 N–H and O–H groups in total. The lowest BCUT2D eigenvalue weighted by Crippen LogP contribution is -2.23. The van der Waals surface area contributed by atoms with Crippen LogP contribution in [0.4, 0.5) is 0 Å². The molecule has 0 saturated heterocycles. The summed E-state index contributed by atoms with van der Waals surface area (Å²) in [4.78, 5) is 35.9. The number of ether oxygens (including phenoxy) is 6. The first-order chi connectivity index (χ1) is 33.8. The first-order valence-corrected chi connectivity index (χ1v) is 36.0. The fourth-order valence-electron chi connectivity index (χ4n) is 7.66. The summed E-state index contributed by atoms with van der Waals surface area (Å²) < 4.78 is 79.4. The summed E-state index contributed by atoms with van der Waals surface area (Å²) in [6.07, 6.45) is 7.17. The Bertz CT molecular complexity index is 2250. The Morgan fingerprint density at radius 1 is 0.639 bits per heavy atom. The number of aldehydes is 1. The van der Waals surface area contributed by atoms with Crippen molar-refractivity contribution in [3.05, 3.63) is 67.8 Å². The number of carbonyl (C=O) groups is 3. The molecule has 0 unspecified atom stereocenters. The van der Waals surface area contributed by atoms with Crippen LogP contribution in [0.1, 0.15) is 109 Å². The van der Waals surface area contributed by atoms with Gasteiger partial charge in [-0.3, -0.25) is 13.9 Å². The summed E-state index contributed by atoms with van der Waals surface area (Å²) in [7, 11) is -5.22. The van der Waals surface area contributed by atoms with Gasteiger partial charge >= 0.3 is 27.1 Å². The highest BCUT2D eigenvalue weighted by Gasteiger charge is 2.35. The summed E-state index contributed by atoms with van der Waals surface area (Å²) in [6.45, 7) is 34.2. The smallest absolute Gasteiger partial charge is 0.344 e. The van der Waals surface area contributed by atoms with Gasteiger partial charge in [-0.05, 0) is 103 Å². The molecule has 0 saturated carbocycles. The molecule has 0 aliphatic carbocycles. The summed E-state index contributed by atoms with van der Waals surface area (Å²) in [6, 6.07) is 1.96. The number of hydrogen-bond acceptors (Lipinski definition) is 16. The highest BCUT2D eigenvalue weighted by Crippen LogP contribution is 2.49. The molecule has 0 amide bonds. The average molecular weight is 1080 g/mol. The Kier molecular flexibility index (Phi) is 27.5. The molecule has 408 valence electrons. The Morgan fingerprint density at radius 2 is 1.04 bits per heavy atom. The van der Waals surface area contributed by atoms with Crippen molar-refractivity contribution in [1.82, 2.24) is 5.32 Å². The van der Waals surface area contributed by atoms with Crippen molar-refractivity contribution in [2.75, 3.05) is 72.9 Å². The molecule has 2 aromatic rings. The van der Waals surface area contributed by atoms with Crippen molar-refractivity contribution >= 4 is 49.6 Å². The van der Waals surface area contributed by atoms with Crippen molar-refractivity contribution in [3.8, 4) is 23.0 Å². The molecule has 0 spiro atoms. The van der Waals surface area contributed by atoms with Gasteiger partial charge in [-0.15, -0.1) is 0 Å². The van der Waals surface area contributed by atoms with Crippen LogP contribution in [0.3, 0.4) is 0 Å². The molecule has 20 heteroatoms. The van der Waals surface area contributed by atoms with Crippen molar-refractivity contribution in [2.45, 2.75) is 146 Å². The van der Waals surface area contributed by atoms with Crippen LogP contribution in [-0.2, 0) is 67.5 Å². The maximum absolute atomic E-state index is 12.6. The summed E-state index contributed by atoms with van der Waals surface area (Å²) in [5, 5.41) is 3.17. The third kappa shape index (κ3) is 19.9. The lowest BCUT2D eigenvalue weighted by Gasteiger charge is -2.21. The highest BCUT2D eigenvalue weighted by molar-refractivity contribution is 7.54. The maximum Gasteiger partial charge on any atom is 0.344 e. The van der Waals surface area contributed by atoms with Crippen molar-refractivity contribution in [2.24, 2.45) is 0 Å². The number of esters is 2. The van der Waals surface area contributed by atoms with Crippen LogP contribution >= 0.6 is 15.2 Å². The van der Waals surface area contributed by atoms with Crippen molar-refractivity contribution < 1.29 is 70.0 Å². The van der Waals surface area contributed by atoms with Gasteiger partial charge in [0.2, 0.25) is 0 Å². The maximum atomic E-state index is 12.6. The van der Waals surface area contributed by atoms with E-state index in [1.165, 1.54) is 0 Å². The molecule has 0 atom stereocenters. The number of rotatable bonds is 29. The second-order valence-corrected chi connectivity index (χ2v) is 35.3. The van der Waals surface area contributed by atoms with Gasteiger partial charge in [0, 0.05) is 51.1 Å². The number of allylic oxidation sites excluding steroid dienone is 3. The van der Waals surface area contributed by atoms with Crippen LogP contribution in [-0.4, -0.2) is 107 Å². The highest BCUT2D eigenvalue weighted by atomic mass is 31.2. The molecule has 2 aliphatic heterocycles. The van der Waals surface area contributed by atoms with Crippen LogP contribution in [0.25, 0.3) is 0 Å². The van der Waals surface area contributed by atoms with Gasteiger partial charge in [-0.1, -0.05) is 63.9 Å². The minimum atomic E-state index is -3.15. The molecular weight excluding hydrogens is 997 g/mol. The summed E-state index contributed by atoms with van der Waals surface area (Å²) >= 11 is 0. The van der Waals surface area contributed by atoms with Crippen molar-refractivity contribution in [3.63, 3.8) is 0 Å². The van der Waals surface area contributed by atoms with Crippen LogP contribution in [0, 0.1) is 13.8 Å². The lowest BCUT2D eigenvalue weighted by atomic mass is 9.95. The number of methoxy groups -OCH3 is 2. The normalized spacial score (nSPS) is 13.8. The first-order valence-electron chi connectivity index (χ1n) is 25.1. The second kappa shape index (κ2) is 30.7. The quantitative estimate of drug-likeness (QED) is 0.0202. The number of cyclic esters (lactones) is 2. The monoisotopic (exact) mass is 1080 g/mol. The first kappa shape index (κ1) is 64.5. The molecule has 2 aromatic carbocycles. The predicted octanol–water partition coefficient (Wildman–Crippen LogP) is 12.4. The number of hydrogen-bond donors (Lipinski definition) is 1. The third-order valence-electron chi connectivity index (χ3n) is 11.4. The fourth-order valence-corrected chi connectivity index (χ4v) is 12.2. The largest absolute Gasteiger partial charge is 0.496 e. The van der Waals surface area contributed by atoms with Gasteiger partial charge in [0.05, 0.1) is 60.1 Å². The van der Waals surface area contributed by atoms with E-state index in [0.717, 1.165) is 69.5 Å². The molecule has 0 fully saturated rings. The van der Waals surface area contributed by atoms with E-state index < -0.39 is 31.3 Å². The van der Waals surface area contributed by atoms with E-state index in [1.54, 1.807) is 35.0 Å². The third-order valence-corrected chi connectivity index (χ3v) is 19.0. The minimum Gasteiger partial charge on any atom is -0.496 e. The molecule has 16 nitrogen and oxygen atoms in total.